The Kier molecular flexibility index (Phi) is 6.99. The summed E-state index contributed by atoms with van der Waals surface area (Å²) in [5.41, 5.74) is 3.70. The Balaban J connectivity index is 1.38. The average Bonchev–Trinajstić information content (AvgIpc) is 3.60. The lowest BCUT2D eigenvalue weighted by Crippen LogP contribution is -2.28. The molecule has 8 nitrogen and oxygen atoms in total. The number of aromatic nitrogens is 3. The minimum Gasteiger partial charge on any atom is -0.497 e. The summed E-state index contributed by atoms with van der Waals surface area (Å²) >= 11 is 1.32. The molecule has 182 valence electrons. The number of hydrogen-bond donors (Lipinski definition) is 0. The highest BCUT2D eigenvalue weighted by molar-refractivity contribution is 7.99. The molecular formula is C27H25N5O3S. The smallest absolute Gasteiger partial charge is 0.253 e. The van der Waals surface area contributed by atoms with Gasteiger partial charge in [0.1, 0.15) is 17.8 Å². The number of ether oxygens (including phenoxy) is 2. The molecule has 4 aromatic rings. The number of rotatable bonds is 8. The fraction of sp³-hybridized carbons (Fsp3) is 0.185. The quantitative estimate of drug-likeness (QED) is 0.325. The SMILES string of the molecule is COc1ccc([C@H]2CC(c3ccccc3)=NN2C(=O)CSc2nncn2-c2ccccc2OC)cc1. The number of carbonyl (C=O) groups excluding carboxylic acids is 1. The van der Waals surface area contributed by atoms with Crippen molar-refractivity contribution in [3.05, 3.63) is 96.3 Å². The Morgan fingerprint density at radius 2 is 1.72 bits per heavy atom. The van der Waals surface area contributed by atoms with Gasteiger partial charge in [0.2, 0.25) is 0 Å². The molecule has 0 saturated heterocycles. The maximum atomic E-state index is 13.5. The van der Waals surface area contributed by atoms with Gasteiger partial charge in [0.05, 0.1) is 37.4 Å². The van der Waals surface area contributed by atoms with E-state index in [2.05, 4.69) is 10.2 Å². The second-order valence-electron chi connectivity index (χ2n) is 8.09. The normalized spacial score (nSPS) is 15.0. The number of hydrazone groups is 1. The molecule has 5 rings (SSSR count). The Hall–Kier alpha value is -4.11. The summed E-state index contributed by atoms with van der Waals surface area (Å²) in [5.74, 6) is 1.51. The predicted molar refractivity (Wildman–Crippen MR) is 139 cm³/mol. The highest BCUT2D eigenvalue weighted by atomic mass is 32.2. The molecule has 0 aliphatic carbocycles. The van der Waals surface area contributed by atoms with Gasteiger partial charge in [0.25, 0.3) is 5.91 Å². The number of carbonyl (C=O) groups is 1. The molecular weight excluding hydrogens is 474 g/mol. The molecule has 1 atom stereocenters. The van der Waals surface area contributed by atoms with Crippen LogP contribution in [0.3, 0.4) is 0 Å². The van der Waals surface area contributed by atoms with E-state index in [4.69, 9.17) is 14.6 Å². The summed E-state index contributed by atoms with van der Waals surface area (Å²) < 4.78 is 12.6. The van der Waals surface area contributed by atoms with E-state index < -0.39 is 0 Å². The molecule has 0 N–H and O–H groups in total. The summed E-state index contributed by atoms with van der Waals surface area (Å²) in [7, 11) is 3.26. The first kappa shape index (κ1) is 23.6. The summed E-state index contributed by atoms with van der Waals surface area (Å²) in [6.07, 6.45) is 2.25. The number of thioether (sulfide) groups is 1. The third kappa shape index (κ3) is 4.83. The van der Waals surface area contributed by atoms with Gasteiger partial charge in [-0.2, -0.15) is 5.10 Å². The molecule has 1 aliphatic rings. The zero-order valence-corrected chi connectivity index (χ0v) is 20.8. The Labute approximate surface area is 213 Å². The maximum Gasteiger partial charge on any atom is 0.253 e. The molecule has 1 aliphatic heterocycles. The summed E-state index contributed by atoms with van der Waals surface area (Å²) in [6.45, 7) is 0. The zero-order valence-electron chi connectivity index (χ0n) is 19.9. The van der Waals surface area contributed by atoms with Gasteiger partial charge in [-0.3, -0.25) is 9.36 Å². The molecule has 0 fully saturated rings. The number of amides is 1. The molecule has 9 heteroatoms. The summed E-state index contributed by atoms with van der Waals surface area (Å²) in [4.78, 5) is 13.5. The van der Waals surface area contributed by atoms with Gasteiger partial charge in [-0.05, 0) is 35.4 Å². The van der Waals surface area contributed by atoms with Crippen LogP contribution in [0.5, 0.6) is 11.5 Å². The minimum atomic E-state index is -0.203. The van der Waals surface area contributed by atoms with Crippen molar-refractivity contribution in [2.45, 2.75) is 17.6 Å². The van der Waals surface area contributed by atoms with Crippen molar-refractivity contribution in [3.63, 3.8) is 0 Å². The van der Waals surface area contributed by atoms with Crippen LogP contribution in [0.4, 0.5) is 0 Å². The molecule has 0 unspecified atom stereocenters. The number of methoxy groups -OCH3 is 2. The molecule has 1 amide bonds. The van der Waals surface area contributed by atoms with Crippen molar-refractivity contribution in [1.29, 1.82) is 0 Å². The predicted octanol–water partition coefficient (Wildman–Crippen LogP) is 4.75. The highest BCUT2D eigenvalue weighted by Crippen LogP contribution is 2.35. The van der Waals surface area contributed by atoms with Crippen LogP contribution in [0.15, 0.2) is 95.4 Å². The van der Waals surface area contributed by atoms with E-state index in [0.717, 1.165) is 28.3 Å². The number of benzene rings is 3. The van der Waals surface area contributed by atoms with E-state index in [9.17, 15) is 4.79 Å². The first-order chi connectivity index (χ1) is 17.7. The van der Waals surface area contributed by atoms with Crippen molar-refractivity contribution < 1.29 is 14.3 Å². The Morgan fingerprint density at radius 3 is 2.47 bits per heavy atom. The molecule has 3 aromatic carbocycles. The summed E-state index contributed by atoms with van der Waals surface area (Å²) in [5, 5.41) is 15.2. The van der Waals surface area contributed by atoms with Crippen molar-refractivity contribution >= 4 is 23.4 Å². The third-order valence-corrected chi connectivity index (χ3v) is 6.89. The minimum absolute atomic E-state index is 0.110. The number of nitrogens with zero attached hydrogens (tertiary/aromatic N) is 5. The van der Waals surface area contributed by atoms with Gasteiger partial charge in [-0.15, -0.1) is 10.2 Å². The first-order valence-corrected chi connectivity index (χ1v) is 12.4. The van der Waals surface area contributed by atoms with Gasteiger partial charge in [0, 0.05) is 6.42 Å². The monoisotopic (exact) mass is 499 g/mol. The third-order valence-electron chi connectivity index (χ3n) is 5.96. The van der Waals surface area contributed by atoms with Crippen molar-refractivity contribution in [1.82, 2.24) is 19.8 Å². The van der Waals surface area contributed by atoms with Crippen LogP contribution in [-0.4, -0.2) is 51.4 Å². The Bertz CT molecular complexity index is 1370. The molecule has 0 saturated carbocycles. The zero-order chi connectivity index (χ0) is 24.9. The second kappa shape index (κ2) is 10.7. The van der Waals surface area contributed by atoms with E-state index in [1.165, 1.54) is 11.8 Å². The molecule has 36 heavy (non-hydrogen) atoms. The second-order valence-corrected chi connectivity index (χ2v) is 9.03. The average molecular weight is 500 g/mol. The standard InChI is InChI=1S/C27H25N5O3S/c1-34-21-14-12-20(13-15-21)24-16-22(19-8-4-3-5-9-19)30-32(24)26(33)17-36-27-29-28-18-31(27)23-10-6-7-11-25(23)35-2/h3-15,18,24H,16-17H2,1-2H3/t24-/m1/s1. The van der Waals surface area contributed by atoms with Gasteiger partial charge in [-0.1, -0.05) is 66.4 Å². The topological polar surface area (TPSA) is 81.8 Å². The van der Waals surface area contributed by atoms with Gasteiger partial charge in [0.15, 0.2) is 5.16 Å². The van der Waals surface area contributed by atoms with Gasteiger partial charge >= 0.3 is 0 Å². The van der Waals surface area contributed by atoms with E-state index in [1.54, 1.807) is 25.6 Å². The molecule has 2 heterocycles. The van der Waals surface area contributed by atoms with Crippen molar-refractivity contribution in [3.8, 4) is 17.2 Å². The number of para-hydroxylation sites is 2. The van der Waals surface area contributed by atoms with E-state index in [1.807, 2.05) is 83.4 Å². The van der Waals surface area contributed by atoms with E-state index in [-0.39, 0.29) is 17.7 Å². The fourth-order valence-corrected chi connectivity index (χ4v) is 4.91. The van der Waals surface area contributed by atoms with Crippen LogP contribution in [0.2, 0.25) is 0 Å². The largest absolute Gasteiger partial charge is 0.497 e. The summed E-state index contributed by atoms with van der Waals surface area (Å²) in [6, 6.07) is 25.1. The van der Waals surface area contributed by atoms with Crippen LogP contribution in [0.25, 0.3) is 5.69 Å². The molecule has 0 spiro atoms. The van der Waals surface area contributed by atoms with Gasteiger partial charge < -0.3 is 9.47 Å². The molecule has 0 bridgehead atoms. The lowest BCUT2D eigenvalue weighted by atomic mass is 9.98. The van der Waals surface area contributed by atoms with Crippen LogP contribution in [-0.2, 0) is 4.79 Å². The van der Waals surface area contributed by atoms with Crippen LogP contribution < -0.4 is 9.47 Å². The lowest BCUT2D eigenvalue weighted by molar-refractivity contribution is -0.130. The maximum absolute atomic E-state index is 13.5. The molecule has 0 radical (unpaired) electrons. The number of hydrogen-bond acceptors (Lipinski definition) is 7. The van der Waals surface area contributed by atoms with Gasteiger partial charge in [-0.25, -0.2) is 5.01 Å². The fourth-order valence-electron chi connectivity index (χ4n) is 4.14. The first-order valence-electron chi connectivity index (χ1n) is 11.4. The van der Waals surface area contributed by atoms with E-state index in [0.29, 0.717) is 17.3 Å². The van der Waals surface area contributed by atoms with E-state index >= 15 is 0 Å². The van der Waals surface area contributed by atoms with Crippen LogP contribution in [0, 0.1) is 0 Å². The Morgan fingerprint density at radius 1 is 0.972 bits per heavy atom. The molecule has 1 aromatic heterocycles. The van der Waals surface area contributed by atoms with Crippen molar-refractivity contribution in [2.75, 3.05) is 20.0 Å². The van der Waals surface area contributed by atoms with Crippen LogP contribution >= 0.6 is 11.8 Å². The van der Waals surface area contributed by atoms with Crippen LogP contribution in [0.1, 0.15) is 23.6 Å². The van der Waals surface area contributed by atoms with Crippen molar-refractivity contribution in [2.24, 2.45) is 5.10 Å². The lowest BCUT2D eigenvalue weighted by Gasteiger charge is -2.22. The highest BCUT2D eigenvalue weighted by Gasteiger charge is 2.33.